The SMILES string of the molecule is CCCCCCCCCCCC[S].CCCCCCCCCCCC[S].[CH2]CCCCCCC.[CH2]CCCCCCC.[Sn]. The third-order valence-corrected chi connectivity index (χ3v) is 8.28. The van der Waals surface area contributed by atoms with E-state index in [0.29, 0.717) is 0 Å². The molecule has 0 N–H and O–H groups in total. The molecule has 0 nitrogen and oxygen atoms in total. The zero-order chi connectivity index (χ0) is 32.0. The Morgan fingerprint density at radius 1 is 0.279 bits per heavy atom. The van der Waals surface area contributed by atoms with E-state index in [0.717, 1.165) is 24.3 Å². The minimum absolute atomic E-state index is 0. The molecule has 0 aliphatic carbocycles. The smallest absolute Gasteiger partial charge is 0.00369 e. The number of hydrogen-bond donors (Lipinski definition) is 0. The van der Waals surface area contributed by atoms with E-state index in [4.69, 9.17) is 25.3 Å². The first-order chi connectivity index (χ1) is 20.7. The first-order valence-electron chi connectivity index (χ1n) is 19.4. The van der Waals surface area contributed by atoms with Gasteiger partial charge in [0.15, 0.2) is 0 Å². The van der Waals surface area contributed by atoms with Gasteiger partial charge < -0.3 is 0 Å². The second-order valence-electron chi connectivity index (χ2n) is 12.3. The molecule has 0 aliphatic rings. The molecule has 0 amide bonds. The van der Waals surface area contributed by atoms with Crippen molar-refractivity contribution < 1.29 is 0 Å². The Bertz CT molecular complexity index is 298. The minimum atomic E-state index is 0. The predicted molar refractivity (Wildman–Crippen MR) is 212 cm³/mol. The van der Waals surface area contributed by atoms with Crippen LogP contribution in [0.1, 0.15) is 233 Å². The molecular weight excluding hydrogens is 663 g/mol. The van der Waals surface area contributed by atoms with E-state index < -0.39 is 0 Å². The van der Waals surface area contributed by atoms with Crippen LogP contribution in [-0.4, -0.2) is 35.4 Å². The van der Waals surface area contributed by atoms with Gasteiger partial charge in [-0.25, -0.2) is 0 Å². The van der Waals surface area contributed by atoms with Crippen molar-refractivity contribution in [3.05, 3.63) is 13.8 Å². The molecule has 0 aromatic carbocycles. The van der Waals surface area contributed by atoms with Gasteiger partial charge in [0, 0.05) is 35.4 Å². The van der Waals surface area contributed by atoms with Crippen LogP contribution >= 0.6 is 25.3 Å². The maximum Gasteiger partial charge on any atom is 0.00369 e. The Morgan fingerprint density at radius 3 is 0.605 bits per heavy atom. The van der Waals surface area contributed by atoms with E-state index in [1.165, 1.54) is 193 Å². The van der Waals surface area contributed by atoms with Gasteiger partial charge in [0.2, 0.25) is 0 Å². The molecule has 0 spiro atoms. The van der Waals surface area contributed by atoms with Crippen molar-refractivity contribution in [3.8, 4) is 0 Å². The van der Waals surface area contributed by atoms with Crippen LogP contribution in [0.4, 0.5) is 0 Å². The Labute approximate surface area is 305 Å². The molecule has 0 aromatic heterocycles. The second kappa shape index (κ2) is 62.3. The van der Waals surface area contributed by atoms with E-state index >= 15 is 0 Å². The fraction of sp³-hybridized carbons (Fsp3) is 0.950. The van der Waals surface area contributed by atoms with Gasteiger partial charge in [-0.05, 0) is 12.8 Å². The fourth-order valence-electron chi connectivity index (χ4n) is 4.74. The van der Waals surface area contributed by atoms with E-state index in [1.54, 1.807) is 0 Å². The molecule has 8 radical (unpaired) electrons. The van der Waals surface area contributed by atoms with Crippen LogP contribution in [-0.2, 0) is 0 Å². The van der Waals surface area contributed by atoms with Gasteiger partial charge in [-0.2, -0.15) is 0 Å². The summed E-state index contributed by atoms with van der Waals surface area (Å²) in [6, 6.07) is 0. The van der Waals surface area contributed by atoms with Gasteiger partial charge in [0.25, 0.3) is 0 Å². The molecule has 0 heterocycles. The van der Waals surface area contributed by atoms with E-state index in [2.05, 4.69) is 41.5 Å². The van der Waals surface area contributed by atoms with Crippen molar-refractivity contribution in [1.29, 1.82) is 0 Å². The van der Waals surface area contributed by atoms with Crippen molar-refractivity contribution in [2.45, 2.75) is 233 Å². The Kier molecular flexibility index (Phi) is 78.2. The monoisotopic (exact) mass is 749 g/mol. The van der Waals surface area contributed by atoms with Crippen molar-refractivity contribution in [2.75, 3.05) is 11.5 Å². The second-order valence-corrected chi connectivity index (χ2v) is 13.1. The summed E-state index contributed by atoms with van der Waals surface area (Å²) in [6.07, 6.45) is 44.0. The largest absolute Gasteiger partial charge is 0.0942 e. The maximum atomic E-state index is 4.90. The molecule has 0 saturated heterocycles. The van der Waals surface area contributed by atoms with Crippen LogP contribution in [0.3, 0.4) is 0 Å². The summed E-state index contributed by atoms with van der Waals surface area (Å²) in [4.78, 5) is 0. The van der Waals surface area contributed by atoms with Crippen LogP contribution in [0.2, 0.25) is 0 Å². The molecule has 0 unspecified atom stereocenters. The van der Waals surface area contributed by atoms with Gasteiger partial charge in [0.1, 0.15) is 0 Å². The summed E-state index contributed by atoms with van der Waals surface area (Å²) in [5, 5.41) is 0. The zero-order valence-electron chi connectivity index (χ0n) is 30.8. The van der Waals surface area contributed by atoms with Crippen LogP contribution in [0.5, 0.6) is 0 Å². The van der Waals surface area contributed by atoms with Crippen LogP contribution < -0.4 is 0 Å². The maximum absolute atomic E-state index is 4.90. The fourth-order valence-corrected chi connectivity index (χ4v) is 5.15. The third kappa shape index (κ3) is 75.5. The molecule has 0 fully saturated rings. The van der Waals surface area contributed by atoms with E-state index in [1.807, 2.05) is 0 Å². The minimum Gasteiger partial charge on any atom is -0.0942 e. The number of rotatable bonds is 30. The molecule has 260 valence electrons. The summed E-state index contributed by atoms with van der Waals surface area (Å²) < 4.78 is 0. The normalized spacial score (nSPS) is 10.0. The van der Waals surface area contributed by atoms with Gasteiger partial charge in [-0.3, -0.25) is 0 Å². The quantitative estimate of drug-likeness (QED) is 0.0507. The molecule has 43 heavy (non-hydrogen) atoms. The van der Waals surface area contributed by atoms with Crippen molar-refractivity contribution in [2.24, 2.45) is 0 Å². The molecule has 0 saturated carbocycles. The van der Waals surface area contributed by atoms with Crippen molar-refractivity contribution in [3.63, 3.8) is 0 Å². The van der Waals surface area contributed by atoms with Gasteiger partial charge in [0.05, 0.1) is 0 Å². The standard InChI is InChI=1S/2C12H25S.2C8H17.Sn/c2*1-2-3-4-5-6-7-8-9-10-11-12-13;2*1-3-5-7-8-6-4-2;/h2*2-12H2,1H3;2*1,3-8H2,2H3;. The van der Waals surface area contributed by atoms with Crippen LogP contribution in [0.25, 0.3) is 0 Å². The molecule has 0 aliphatic heterocycles. The molecule has 0 rings (SSSR count). The van der Waals surface area contributed by atoms with Gasteiger partial charge in [-0.15, -0.1) is 0 Å². The zero-order valence-corrected chi connectivity index (χ0v) is 35.3. The van der Waals surface area contributed by atoms with E-state index in [9.17, 15) is 0 Å². The predicted octanol–water partition coefficient (Wildman–Crippen LogP) is 16.2. The Morgan fingerprint density at radius 2 is 0.442 bits per heavy atom. The molecule has 0 aromatic rings. The Hall–Kier alpha value is 1.50. The number of hydrogen-bond acceptors (Lipinski definition) is 0. The number of unbranched alkanes of at least 4 members (excludes halogenated alkanes) is 28. The summed E-state index contributed by atoms with van der Waals surface area (Å²) in [7, 11) is 0. The van der Waals surface area contributed by atoms with Crippen LogP contribution in [0, 0.1) is 13.8 Å². The van der Waals surface area contributed by atoms with Gasteiger partial charge in [-0.1, -0.05) is 259 Å². The summed E-state index contributed by atoms with van der Waals surface area (Å²) in [5.41, 5.74) is 0. The third-order valence-electron chi connectivity index (χ3n) is 7.70. The average Bonchev–Trinajstić information content (AvgIpc) is 3.01. The molecule has 0 bridgehead atoms. The first kappa shape index (κ1) is 54.0. The van der Waals surface area contributed by atoms with Crippen molar-refractivity contribution >= 4 is 49.2 Å². The average molecular weight is 748 g/mol. The van der Waals surface area contributed by atoms with Crippen LogP contribution in [0.15, 0.2) is 0 Å². The summed E-state index contributed by atoms with van der Waals surface area (Å²) >= 11 is 9.80. The molecule has 3 heteroatoms. The Balaban J connectivity index is -0.000000152. The molecule has 0 atom stereocenters. The van der Waals surface area contributed by atoms with E-state index in [-0.39, 0.29) is 23.9 Å². The van der Waals surface area contributed by atoms with Gasteiger partial charge >= 0.3 is 0 Å². The summed E-state index contributed by atoms with van der Waals surface area (Å²) in [6.45, 7) is 16.6. The molecular formula is C40H84S2Sn. The summed E-state index contributed by atoms with van der Waals surface area (Å²) in [5.74, 6) is 1.91. The van der Waals surface area contributed by atoms with Crippen molar-refractivity contribution in [1.82, 2.24) is 0 Å². The topological polar surface area (TPSA) is 0 Å². The first-order valence-corrected chi connectivity index (χ1v) is 20.6.